The third-order valence-corrected chi connectivity index (χ3v) is 5.07. The average Bonchev–Trinajstić information content (AvgIpc) is 2.70. The lowest BCUT2D eigenvalue weighted by Crippen LogP contribution is -2.27. The molecule has 1 aliphatic rings. The maximum absolute atomic E-state index is 12.2. The highest BCUT2D eigenvalue weighted by molar-refractivity contribution is 5.86. The van der Waals surface area contributed by atoms with Crippen molar-refractivity contribution in [2.45, 2.75) is 44.4 Å². The lowest BCUT2D eigenvalue weighted by atomic mass is 9.87. The van der Waals surface area contributed by atoms with Crippen LogP contribution >= 0.6 is 0 Å². The zero-order valence-electron chi connectivity index (χ0n) is 14.9. The number of amides is 1. The maximum Gasteiger partial charge on any atom is 0.255 e. The first-order chi connectivity index (χ1) is 12.8. The van der Waals surface area contributed by atoms with E-state index in [0.29, 0.717) is 0 Å². The molecule has 1 aliphatic carbocycles. The first-order valence-electron chi connectivity index (χ1n) is 9.35. The molecule has 3 heteroatoms. The van der Waals surface area contributed by atoms with Crippen LogP contribution in [0.15, 0.2) is 54.6 Å². The number of hydroxylamine groups is 1. The lowest BCUT2D eigenvalue weighted by molar-refractivity contribution is -0.129. The van der Waals surface area contributed by atoms with Gasteiger partial charge in [-0.15, -0.1) is 0 Å². The molecule has 3 nitrogen and oxygen atoms in total. The molecule has 2 aromatic rings. The summed E-state index contributed by atoms with van der Waals surface area (Å²) in [6.07, 6.45) is 7.56. The van der Waals surface area contributed by atoms with E-state index in [1.807, 2.05) is 54.6 Å². The molecular formula is C23H25NO2. The van der Waals surface area contributed by atoms with Crippen LogP contribution in [-0.2, 0) is 4.79 Å². The molecule has 0 aliphatic heterocycles. The SMILES string of the molecule is O=C(NO)C(c1ccccc1)c1cccc(C#CCC2CCCCC2)c1. The predicted molar refractivity (Wildman–Crippen MR) is 103 cm³/mol. The van der Waals surface area contributed by atoms with Gasteiger partial charge in [0.2, 0.25) is 0 Å². The van der Waals surface area contributed by atoms with Crippen LogP contribution in [0.5, 0.6) is 0 Å². The Hall–Kier alpha value is -2.57. The normalized spacial score (nSPS) is 15.6. The van der Waals surface area contributed by atoms with E-state index in [0.717, 1.165) is 29.0 Å². The van der Waals surface area contributed by atoms with Gasteiger partial charge in [0.05, 0.1) is 5.92 Å². The molecule has 0 spiro atoms. The minimum absolute atomic E-state index is 0.441. The number of carbonyl (C=O) groups excluding carboxylic acids is 1. The van der Waals surface area contributed by atoms with Crippen LogP contribution in [0.1, 0.15) is 61.1 Å². The zero-order valence-corrected chi connectivity index (χ0v) is 14.9. The Labute approximate surface area is 155 Å². The average molecular weight is 347 g/mol. The third-order valence-electron chi connectivity index (χ3n) is 5.07. The zero-order chi connectivity index (χ0) is 18.2. The van der Waals surface area contributed by atoms with Crippen molar-refractivity contribution in [2.75, 3.05) is 0 Å². The van der Waals surface area contributed by atoms with Crippen molar-refractivity contribution in [3.63, 3.8) is 0 Å². The number of hydrogen-bond acceptors (Lipinski definition) is 2. The molecule has 1 unspecified atom stereocenters. The summed E-state index contributed by atoms with van der Waals surface area (Å²) in [5, 5.41) is 9.16. The second-order valence-electron chi connectivity index (χ2n) is 6.96. The number of nitrogens with one attached hydrogen (secondary N) is 1. The van der Waals surface area contributed by atoms with Crippen molar-refractivity contribution in [3.05, 3.63) is 71.3 Å². The fourth-order valence-electron chi connectivity index (χ4n) is 3.69. The first-order valence-corrected chi connectivity index (χ1v) is 9.35. The summed E-state index contributed by atoms with van der Waals surface area (Å²) in [5.41, 5.74) is 4.37. The van der Waals surface area contributed by atoms with E-state index < -0.39 is 11.8 Å². The molecule has 134 valence electrons. The molecule has 1 fully saturated rings. The Bertz CT molecular complexity index is 783. The first kappa shape index (κ1) is 18.2. The summed E-state index contributed by atoms with van der Waals surface area (Å²) >= 11 is 0. The van der Waals surface area contributed by atoms with Crippen molar-refractivity contribution in [3.8, 4) is 11.8 Å². The Morgan fingerprint density at radius 1 is 1.04 bits per heavy atom. The molecule has 26 heavy (non-hydrogen) atoms. The molecule has 2 N–H and O–H groups in total. The molecule has 0 heterocycles. The number of carbonyl (C=O) groups is 1. The second-order valence-corrected chi connectivity index (χ2v) is 6.96. The van der Waals surface area contributed by atoms with Gasteiger partial charge in [-0.25, -0.2) is 5.48 Å². The monoisotopic (exact) mass is 347 g/mol. The van der Waals surface area contributed by atoms with Gasteiger partial charge < -0.3 is 0 Å². The predicted octanol–water partition coefficient (Wildman–Crippen LogP) is 4.65. The number of benzene rings is 2. The van der Waals surface area contributed by atoms with Gasteiger partial charge in [-0.3, -0.25) is 10.0 Å². The van der Waals surface area contributed by atoms with Gasteiger partial charge in [0, 0.05) is 12.0 Å². The van der Waals surface area contributed by atoms with Crippen molar-refractivity contribution in [2.24, 2.45) is 5.92 Å². The van der Waals surface area contributed by atoms with Crippen LogP contribution in [-0.4, -0.2) is 11.1 Å². The molecule has 1 saturated carbocycles. The van der Waals surface area contributed by atoms with Crippen LogP contribution in [0.4, 0.5) is 0 Å². The van der Waals surface area contributed by atoms with Gasteiger partial charge in [-0.1, -0.05) is 73.6 Å². The maximum atomic E-state index is 12.2. The highest BCUT2D eigenvalue weighted by Gasteiger charge is 2.22. The van der Waals surface area contributed by atoms with E-state index in [4.69, 9.17) is 5.21 Å². The molecule has 1 atom stereocenters. The number of rotatable bonds is 4. The quantitative estimate of drug-likeness (QED) is 0.481. The largest absolute Gasteiger partial charge is 0.289 e. The minimum atomic E-state index is -0.554. The fourth-order valence-corrected chi connectivity index (χ4v) is 3.69. The highest BCUT2D eigenvalue weighted by Crippen LogP contribution is 2.27. The topological polar surface area (TPSA) is 49.3 Å². The Morgan fingerprint density at radius 2 is 1.77 bits per heavy atom. The third kappa shape index (κ3) is 4.74. The minimum Gasteiger partial charge on any atom is -0.289 e. The van der Waals surface area contributed by atoms with Crippen molar-refractivity contribution in [1.82, 2.24) is 5.48 Å². The molecule has 3 rings (SSSR count). The Balaban J connectivity index is 1.79. The summed E-state index contributed by atoms with van der Waals surface area (Å²) in [7, 11) is 0. The van der Waals surface area contributed by atoms with Gasteiger partial charge in [0.25, 0.3) is 5.91 Å². The van der Waals surface area contributed by atoms with E-state index >= 15 is 0 Å². The van der Waals surface area contributed by atoms with Gasteiger partial charge in [-0.05, 0) is 42.0 Å². The summed E-state index contributed by atoms with van der Waals surface area (Å²) in [6.45, 7) is 0. The van der Waals surface area contributed by atoms with E-state index in [9.17, 15) is 4.79 Å². The van der Waals surface area contributed by atoms with Gasteiger partial charge in [0.1, 0.15) is 0 Å². The number of hydrogen-bond donors (Lipinski definition) is 2. The highest BCUT2D eigenvalue weighted by atomic mass is 16.5. The Kier molecular flexibility index (Phi) is 6.46. The van der Waals surface area contributed by atoms with Crippen LogP contribution in [0.2, 0.25) is 0 Å². The fraction of sp³-hybridized carbons (Fsp3) is 0.348. The van der Waals surface area contributed by atoms with E-state index in [1.54, 1.807) is 5.48 Å². The van der Waals surface area contributed by atoms with Gasteiger partial charge in [-0.2, -0.15) is 0 Å². The summed E-state index contributed by atoms with van der Waals surface area (Å²) in [6, 6.07) is 17.2. The van der Waals surface area contributed by atoms with Gasteiger partial charge >= 0.3 is 0 Å². The second kappa shape index (κ2) is 9.22. The summed E-state index contributed by atoms with van der Waals surface area (Å²) < 4.78 is 0. The van der Waals surface area contributed by atoms with Crippen molar-refractivity contribution < 1.29 is 10.0 Å². The molecule has 0 radical (unpaired) electrons. The van der Waals surface area contributed by atoms with Crippen LogP contribution < -0.4 is 5.48 Å². The van der Waals surface area contributed by atoms with E-state index in [2.05, 4.69) is 11.8 Å². The van der Waals surface area contributed by atoms with Crippen LogP contribution in [0.3, 0.4) is 0 Å². The molecule has 0 saturated heterocycles. The molecule has 2 aromatic carbocycles. The van der Waals surface area contributed by atoms with Crippen molar-refractivity contribution >= 4 is 5.91 Å². The van der Waals surface area contributed by atoms with Crippen LogP contribution in [0, 0.1) is 17.8 Å². The smallest absolute Gasteiger partial charge is 0.255 e. The van der Waals surface area contributed by atoms with E-state index in [-0.39, 0.29) is 0 Å². The lowest BCUT2D eigenvalue weighted by Gasteiger charge is -2.18. The van der Waals surface area contributed by atoms with Gasteiger partial charge in [0.15, 0.2) is 0 Å². The summed E-state index contributed by atoms with van der Waals surface area (Å²) in [4.78, 5) is 12.2. The van der Waals surface area contributed by atoms with Crippen LogP contribution in [0.25, 0.3) is 0 Å². The molecular weight excluding hydrogens is 322 g/mol. The van der Waals surface area contributed by atoms with E-state index in [1.165, 1.54) is 32.1 Å². The summed E-state index contributed by atoms with van der Waals surface area (Å²) in [5.74, 6) is 6.31. The van der Waals surface area contributed by atoms with Crippen molar-refractivity contribution in [1.29, 1.82) is 0 Å². The molecule has 0 aromatic heterocycles. The molecule has 0 bridgehead atoms. The Morgan fingerprint density at radius 3 is 2.50 bits per heavy atom. The molecule has 1 amide bonds. The standard InChI is InChI=1S/C23H25NO2/c25-23(24-26)22(20-14-5-2-6-15-20)21-16-8-13-19(17-21)12-7-11-18-9-3-1-4-10-18/h2,5-6,8,13-18,22,26H,1,3-4,9-11H2,(H,24,25).